The molecule has 1 aromatic heterocycles. The Labute approximate surface area is 87.3 Å². The van der Waals surface area contributed by atoms with E-state index < -0.39 is 0 Å². The summed E-state index contributed by atoms with van der Waals surface area (Å²) in [6.07, 6.45) is 1.95. The first-order valence-electron chi connectivity index (χ1n) is 4.22. The molecule has 0 nitrogen and oxygen atoms in total. The van der Waals surface area contributed by atoms with Crippen LogP contribution in [0.2, 0.25) is 0 Å². The van der Waals surface area contributed by atoms with Gasteiger partial charge in [0.2, 0.25) is 0 Å². The summed E-state index contributed by atoms with van der Waals surface area (Å²) in [5, 5.41) is 4.08. The van der Waals surface area contributed by atoms with Gasteiger partial charge in [-0.15, -0.1) is 0 Å². The predicted molar refractivity (Wildman–Crippen MR) is 60.9 cm³/mol. The van der Waals surface area contributed by atoms with Crippen LogP contribution in [0.15, 0.2) is 59.6 Å². The van der Waals surface area contributed by atoms with Crippen molar-refractivity contribution in [3.8, 4) is 0 Å². The van der Waals surface area contributed by atoms with Crippen LogP contribution in [0.4, 0.5) is 4.39 Å². The van der Waals surface area contributed by atoms with Crippen molar-refractivity contribution in [2.45, 2.75) is 0 Å². The fraction of sp³-hybridized carbons (Fsp3) is 0. The van der Waals surface area contributed by atoms with E-state index in [4.69, 9.17) is 0 Å². The first-order chi connectivity index (χ1) is 6.93. The Morgan fingerprint density at radius 2 is 1.57 bits per heavy atom. The van der Waals surface area contributed by atoms with E-state index in [1.54, 1.807) is 11.3 Å². The van der Waals surface area contributed by atoms with Crippen molar-refractivity contribution in [1.29, 1.82) is 0 Å². The second kappa shape index (κ2) is 7.04. The largest absolute Gasteiger partial charge is 0.216 e. The van der Waals surface area contributed by atoms with Crippen LogP contribution in [0.3, 0.4) is 0 Å². The van der Waals surface area contributed by atoms with Crippen molar-refractivity contribution >= 4 is 17.4 Å². The van der Waals surface area contributed by atoms with Crippen LogP contribution in [0.5, 0.6) is 0 Å². The minimum Gasteiger partial charge on any atom is -0.216 e. The molecule has 0 atom stereocenters. The molecule has 0 aliphatic rings. The maximum atomic E-state index is 11.5. The highest BCUT2D eigenvalue weighted by molar-refractivity contribution is 7.07. The monoisotopic (exact) mass is 206 g/mol. The Hall–Kier alpha value is -1.41. The first-order valence-corrected chi connectivity index (χ1v) is 5.17. The van der Waals surface area contributed by atoms with E-state index in [-0.39, 0.29) is 0 Å². The second-order valence-corrected chi connectivity index (χ2v) is 3.31. The van der Waals surface area contributed by atoms with E-state index in [1.807, 2.05) is 53.2 Å². The number of thiophene rings is 1. The summed E-state index contributed by atoms with van der Waals surface area (Å²) in [5.74, 6) is 0. The Balaban J connectivity index is 0.000000165. The maximum absolute atomic E-state index is 11.5. The molecule has 0 bridgehead atoms. The van der Waals surface area contributed by atoms with Gasteiger partial charge in [0.15, 0.2) is 0 Å². The lowest BCUT2D eigenvalue weighted by atomic mass is 10.2. The fourth-order valence-electron chi connectivity index (χ4n) is 0.864. The molecule has 2 rings (SSSR count). The molecule has 0 aliphatic carbocycles. The Morgan fingerprint density at radius 1 is 0.929 bits per heavy atom. The third-order valence-electron chi connectivity index (χ3n) is 1.48. The molecule has 0 saturated heterocycles. The van der Waals surface area contributed by atoms with Crippen LogP contribution < -0.4 is 0 Å². The fourth-order valence-corrected chi connectivity index (χ4v) is 1.32. The van der Waals surface area contributed by atoms with E-state index >= 15 is 0 Å². The van der Waals surface area contributed by atoms with Gasteiger partial charge in [-0.1, -0.05) is 42.5 Å². The summed E-state index contributed by atoms with van der Waals surface area (Å²) >= 11 is 1.71. The lowest BCUT2D eigenvalue weighted by Crippen LogP contribution is -1.65. The van der Waals surface area contributed by atoms with E-state index in [9.17, 15) is 4.39 Å². The van der Waals surface area contributed by atoms with Gasteiger partial charge in [0.05, 0.1) is 6.33 Å². The molecule has 0 amide bonds. The summed E-state index contributed by atoms with van der Waals surface area (Å²) in [5.41, 5.74) is 0.889. The zero-order valence-corrected chi connectivity index (χ0v) is 8.45. The highest BCUT2D eigenvalue weighted by Gasteiger charge is 1.78. The molecule has 0 N–H and O–H groups in total. The maximum Gasteiger partial charge on any atom is 0.0872 e. The highest BCUT2D eigenvalue weighted by Crippen LogP contribution is 1.99. The molecule has 2 heteroatoms. The summed E-state index contributed by atoms with van der Waals surface area (Å²) < 4.78 is 11.5. The number of halogens is 1. The standard InChI is InChI=1S/C8H7F.C4H4S/c9-7-6-8-4-2-1-3-5-8;1-2-4-5-3-1/h1-7H;1-4H. The topological polar surface area (TPSA) is 0 Å². The minimum atomic E-state index is 0.537. The van der Waals surface area contributed by atoms with Crippen molar-refractivity contribution in [2.24, 2.45) is 0 Å². The SMILES string of the molecule is FC=Cc1ccccc1.c1ccsc1. The third-order valence-corrected chi connectivity index (χ3v) is 2.11. The molecule has 2 aromatic rings. The lowest BCUT2D eigenvalue weighted by Gasteiger charge is -1.85. The van der Waals surface area contributed by atoms with Crippen molar-refractivity contribution in [3.63, 3.8) is 0 Å². The smallest absolute Gasteiger partial charge is 0.0872 e. The molecule has 72 valence electrons. The third kappa shape index (κ3) is 4.58. The van der Waals surface area contributed by atoms with E-state index in [2.05, 4.69) is 0 Å². The highest BCUT2D eigenvalue weighted by atomic mass is 32.1. The van der Waals surface area contributed by atoms with Crippen molar-refractivity contribution < 1.29 is 4.39 Å². The first kappa shape index (κ1) is 10.7. The number of rotatable bonds is 1. The van der Waals surface area contributed by atoms with Crippen LogP contribution in [-0.2, 0) is 0 Å². The molecule has 0 radical (unpaired) electrons. The number of benzene rings is 1. The quantitative estimate of drug-likeness (QED) is 0.649. The Kier molecular flexibility index (Phi) is 5.36. The van der Waals surface area contributed by atoms with Crippen LogP contribution in [-0.4, -0.2) is 0 Å². The van der Waals surface area contributed by atoms with Crippen molar-refractivity contribution in [3.05, 3.63) is 65.1 Å². The van der Waals surface area contributed by atoms with Crippen LogP contribution >= 0.6 is 11.3 Å². The average Bonchev–Trinajstić information content (AvgIpc) is 2.78. The summed E-state index contributed by atoms with van der Waals surface area (Å²) in [6.45, 7) is 0. The Morgan fingerprint density at radius 3 is 2.00 bits per heavy atom. The van der Waals surface area contributed by atoms with E-state index in [0.717, 1.165) is 5.56 Å². The predicted octanol–water partition coefficient (Wildman–Crippen LogP) is 4.37. The van der Waals surface area contributed by atoms with Gasteiger partial charge in [-0.25, -0.2) is 4.39 Å². The average molecular weight is 206 g/mol. The van der Waals surface area contributed by atoms with Gasteiger partial charge in [0, 0.05) is 0 Å². The van der Waals surface area contributed by atoms with Gasteiger partial charge < -0.3 is 0 Å². The molecule has 0 fully saturated rings. The van der Waals surface area contributed by atoms with Crippen LogP contribution in [0.25, 0.3) is 6.08 Å². The number of hydrogen-bond acceptors (Lipinski definition) is 1. The van der Waals surface area contributed by atoms with E-state index in [1.165, 1.54) is 6.08 Å². The van der Waals surface area contributed by atoms with Gasteiger partial charge in [0.25, 0.3) is 0 Å². The Bertz CT molecular complexity index is 321. The van der Waals surface area contributed by atoms with Gasteiger partial charge in [-0.3, -0.25) is 0 Å². The second-order valence-electron chi connectivity index (χ2n) is 2.50. The molecule has 1 aromatic carbocycles. The molecular formula is C12H11FS. The summed E-state index contributed by atoms with van der Waals surface area (Å²) in [4.78, 5) is 0. The van der Waals surface area contributed by atoms with Crippen LogP contribution in [0, 0.1) is 0 Å². The minimum absolute atomic E-state index is 0.537. The molecule has 14 heavy (non-hydrogen) atoms. The summed E-state index contributed by atoms with van der Waals surface area (Å²) in [6, 6.07) is 13.4. The van der Waals surface area contributed by atoms with Crippen LogP contribution in [0.1, 0.15) is 5.56 Å². The molecule has 0 unspecified atom stereocenters. The van der Waals surface area contributed by atoms with Gasteiger partial charge >= 0.3 is 0 Å². The zero-order chi connectivity index (χ0) is 10.1. The molecule has 0 saturated carbocycles. The lowest BCUT2D eigenvalue weighted by molar-refractivity contribution is 0.727. The molecule has 0 spiro atoms. The normalized spacial score (nSPS) is 9.50. The molecular weight excluding hydrogens is 195 g/mol. The van der Waals surface area contributed by atoms with Crippen molar-refractivity contribution in [2.75, 3.05) is 0 Å². The van der Waals surface area contributed by atoms with Gasteiger partial charge in [-0.2, -0.15) is 11.3 Å². The van der Waals surface area contributed by atoms with Crippen molar-refractivity contribution in [1.82, 2.24) is 0 Å². The van der Waals surface area contributed by atoms with E-state index in [0.29, 0.717) is 6.33 Å². The molecule has 1 heterocycles. The van der Waals surface area contributed by atoms with Gasteiger partial charge in [-0.05, 0) is 22.4 Å². The number of hydrogen-bond donors (Lipinski definition) is 0. The van der Waals surface area contributed by atoms with Gasteiger partial charge in [0.1, 0.15) is 0 Å². The molecule has 0 aliphatic heterocycles. The zero-order valence-electron chi connectivity index (χ0n) is 7.64. The summed E-state index contributed by atoms with van der Waals surface area (Å²) in [7, 11) is 0.